The number of carboxylic acid groups (broad SMARTS) is 1. The molecule has 0 saturated heterocycles. The van der Waals surface area contributed by atoms with Crippen LogP contribution in [-0.4, -0.2) is 53.8 Å². The van der Waals surface area contributed by atoms with Gasteiger partial charge in [-0.3, -0.25) is 4.79 Å². The maximum atomic E-state index is 12.5. The third-order valence-electron chi connectivity index (χ3n) is 5.91. The molecule has 1 aliphatic rings. The molecule has 4 rings (SSSR count). The second kappa shape index (κ2) is 10.7. The van der Waals surface area contributed by atoms with Gasteiger partial charge in [-0.25, -0.2) is 9.59 Å². The fourth-order valence-electron chi connectivity index (χ4n) is 4.21. The van der Waals surface area contributed by atoms with E-state index >= 15 is 0 Å². The van der Waals surface area contributed by atoms with E-state index in [4.69, 9.17) is 9.47 Å². The smallest absolute Gasteiger partial charge is 0.407 e. The van der Waals surface area contributed by atoms with E-state index in [9.17, 15) is 19.5 Å². The highest BCUT2D eigenvalue weighted by Crippen LogP contribution is 2.44. The van der Waals surface area contributed by atoms with E-state index in [-0.39, 0.29) is 36.1 Å². The van der Waals surface area contributed by atoms with E-state index in [1.54, 1.807) is 6.92 Å². The summed E-state index contributed by atoms with van der Waals surface area (Å²) < 4.78 is 14.7. The maximum absolute atomic E-state index is 12.5. The van der Waals surface area contributed by atoms with Crippen LogP contribution < -0.4 is 10.6 Å². The summed E-state index contributed by atoms with van der Waals surface area (Å²) in [5, 5.41) is 14.6. The quantitative estimate of drug-likeness (QED) is 0.409. The van der Waals surface area contributed by atoms with Gasteiger partial charge in [-0.05, 0) is 40.7 Å². The number of hydrogen-bond donors (Lipinski definition) is 3. The Morgan fingerprint density at radius 1 is 1.09 bits per heavy atom. The van der Waals surface area contributed by atoms with Crippen LogP contribution in [0.5, 0.6) is 0 Å². The van der Waals surface area contributed by atoms with Gasteiger partial charge in [0, 0.05) is 26.0 Å². The molecule has 1 heterocycles. The third-order valence-corrected chi connectivity index (χ3v) is 6.76. The first-order valence-electron chi connectivity index (χ1n) is 11.0. The molecule has 0 radical (unpaired) electrons. The zero-order valence-electron chi connectivity index (χ0n) is 19.2. The van der Waals surface area contributed by atoms with Crippen LogP contribution in [0.3, 0.4) is 0 Å². The number of anilines is 1. The maximum Gasteiger partial charge on any atom is 0.407 e. The molecule has 9 nitrogen and oxygen atoms in total. The minimum atomic E-state index is -1.17. The number of carbonyl (C=O) groups is 3. The predicted molar refractivity (Wildman–Crippen MR) is 131 cm³/mol. The monoisotopic (exact) mass is 495 g/mol. The van der Waals surface area contributed by atoms with E-state index < -0.39 is 24.1 Å². The molecule has 1 unspecified atom stereocenters. The molecular weight excluding hydrogens is 470 g/mol. The van der Waals surface area contributed by atoms with Crippen molar-refractivity contribution in [1.29, 1.82) is 0 Å². The number of hydrogen-bond acceptors (Lipinski definition) is 7. The van der Waals surface area contributed by atoms with Crippen LogP contribution in [0.25, 0.3) is 11.1 Å². The zero-order chi connectivity index (χ0) is 24.9. The molecule has 35 heavy (non-hydrogen) atoms. The highest BCUT2D eigenvalue weighted by molar-refractivity contribution is 7.11. The fraction of sp³-hybridized carbons (Fsp3) is 0.280. The van der Waals surface area contributed by atoms with Crippen LogP contribution in [0, 0.1) is 6.92 Å². The molecule has 0 saturated carbocycles. The van der Waals surface area contributed by atoms with Gasteiger partial charge < -0.3 is 25.2 Å². The normalized spacial score (nSPS) is 13.0. The van der Waals surface area contributed by atoms with Crippen LogP contribution in [-0.2, 0) is 14.3 Å². The third kappa shape index (κ3) is 5.18. The number of carbonyl (C=O) groups excluding carboxylic acids is 2. The van der Waals surface area contributed by atoms with Crippen molar-refractivity contribution in [3.63, 3.8) is 0 Å². The fourth-order valence-corrected chi connectivity index (χ4v) is 5.00. The molecule has 1 atom stereocenters. The van der Waals surface area contributed by atoms with Crippen molar-refractivity contribution < 1.29 is 29.0 Å². The van der Waals surface area contributed by atoms with E-state index in [1.807, 2.05) is 36.4 Å². The van der Waals surface area contributed by atoms with Crippen molar-refractivity contribution in [2.45, 2.75) is 25.4 Å². The van der Waals surface area contributed by atoms with Crippen molar-refractivity contribution in [2.75, 3.05) is 25.6 Å². The lowest BCUT2D eigenvalue weighted by atomic mass is 9.98. The Balaban J connectivity index is 1.28. The first kappa shape index (κ1) is 24.4. The number of nitrogens with one attached hydrogen (secondary N) is 2. The second-order valence-corrected chi connectivity index (χ2v) is 8.81. The molecular formula is C25H25N3O6S. The van der Waals surface area contributed by atoms with Crippen molar-refractivity contribution in [3.05, 3.63) is 70.9 Å². The Hall–Kier alpha value is -3.76. The van der Waals surface area contributed by atoms with Crippen LogP contribution >= 0.6 is 11.5 Å². The summed E-state index contributed by atoms with van der Waals surface area (Å²) >= 11 is 0.890. The number of rotatable bonds is 9. The summed E-state index contributed by atoms with van der Waals surface area (Å²) in [4.78, 5) is 36.3. The van der Waals surface area contributed by atoms with E-state index in [0.717, 1.165) is 33.8 Å². The number of ether oxygens (including phenoxy) is 2. The summed E-state index contributed by atoms with van der Waals surface area (Å²) in [7, 11) is 1.37. The molecule has 0 spiro atoms. The van der Waals surface area contributed by atoms with Gasteiger partial charge in [0.15, 0.2) is 0 Å². The Kier molecular flexibility index (Phi) is 7.42. The van der Waals surface area contributed by atoms with Gasteiger partial charge >= 0.3 is 12.1 Å². The lowest BCUT2D eigenvalue weighted by molar-refractivity contribution is -0.125. The molecule has 10 heteroatoms. The molecule has 2 aromatic carbocycles. The van der Waals surface area contributed by atoms with Crippen LogP contribution in [0.15, 0.2) is 48.5 Å². The van der Waals surface area contributed by atoms with Crippen LogP contribution in [0.2, 0.25) is 0 Å². The lowest BCUT2D eigenvalue weighted by Gasteiger charge is -2.16. The summed E-state index contributed by atoms with van der Waals surface area (Å²) in [6.07, 6.45) is -1.31. The Morgan fingerprint density at radius 3 is 2.31 bits per heavy atom. The van der Waals surface area contributed by atoms with Crippen LogP contribution in [0.4, 0.5) is 9.80 Å². The van der Waals surface area contributed by atoms with Gasteiger partial charge in [-0.2, -0.15) is 4.37 Å². The lowest BCUT2D eigenvalue weighted by Crippen LogP contribution is -2.35. The number of carboxylic acids is 1. The van der Waals surface area contributed by atoms with Gasteiger partial charge in [0.1, 0.15) is 23.3 Å². The minimum Gasteiger partial charge on any atom is -0.478 e. The van der Waals surface area contributed by atoms with Crippen molar-refractivity contribution in [3.8, 4) is 11.1 Å². The molecule has 182 valence electrons. The van der Waals surface area contributed by atoms with Gasteiger partial charge in [-0.1, -0.05) is 48.5 Å². The highest BCUT2D eigenvalue weighted by Gasteiger charge is 2.29. The summed E-state index contributed by atoms with van der Waals surface area (Å²) in [5.41, 5.74) is 4.81. The average molecular weight is 496 g/mol. The standard InChI is InChI=1S/C25H25N3O6S/c1-14-21(24(30)31)23(35-28-14)27-22(29)20(33-2)11-12-26-25(32)34-13-19-17-9-5-3-7-15(17)16-8-4-6-10-18(16)19/h3-10,19-20H,11-13H2,1-2H3,(H,26,32)(H,27,29)(H,30,31). The van der Waals surface area contributed by atoms with E-state index in [0.29, 0.717) is 5.69 Å². The topological polar surface area (TPSA) is 127 Å². The largest absolute Gasteiger partial charge is 0.478 e. The highest BCUT2D eigenvalue weighted by atomic mass is 32.1. The molecule has 1 aliphatic carbocycles. The SMILES string of the molecule is COC(CCNC(=O)OCC1c2ccccc2-c2ccccc21)C(=O)Nc1snc(C)c1C(=O)O. The summed E-state index contributed by atoms with van der Waals surface area (Å²) in [5.74, 6) is -1.73. The molecule has 2 amide bonds. The number of methoxy groups -OCH3 is 1. The van der Waals surface area contributed by atoms with Gasteiger partial charge in [0.25, 0.3) is 5.91 Å². The van der Waals surface area contributed by atoms with Crippen molar-refractivity contribution >= 4 is 34.5 Å². The predicted octanol–water partition coefficient (Wildman–Crippen LogP) is 4.03. The molecule has 0 fully saturated rings. The number of amides is 2. The molecule has 1 aromatic heterocycles. The molecule has 3 aromatic rings. The summed E-state index contributed by atoms with van der Waals surface area (Å²) in [6.45, 7) is 1.88. The Bertz CT molecular complexity index is 1210. The molecule has 0 bridgehead atoms. The van der Waals surface area contributed by atoms with Crippen molar-refractivity contribution in [1.82, 2.24) is 9.69 Å². The summed E-state index contributed by atoms with van der Waals surface area (Å²) in [6, 6.07) is 16.2. The first-order chi connectivity index (χ1) is 16.9. The Morgan fingerprint density at radius 2 is 1.71 bits per heavy atom. The zero-order valence-corrected chi connectivity index (χ0v) is 20.1. The molecule has 3 N–H and O–H groups in total. The second-order valence-electron chi connectivity index (χ2n) is 8.03. The number of benzene rings is 2. The van der Waals surface area contributed by atoms with Gasteiger partial charge in [-0.15, -0.1) is 0 Å². The number of aromatic nitrogens is 1. The average Bonchev–Trinajstić information content (AvgIpc) is 3.37. The van der Waals surface area contributed by atoms with E-state index in [1.165, 1.54) is 7.11 Å². The first-order valence-corrected chi connectivity index (χ1v) is 11.8. The number of fused-ring (bicyclic) bond motifs is 3. The number of nitrogens with zero attached hydrogens (tertiary/aromatic N) is 1. The van der Waals surface area contributed by atoms with Gasteiger partial charge in [0.2, 0.25) is 0 Å². The molecule has 0 aliphatic heterocycles. The minimum absolute atomic E-state index is 0.0445. The van der Waals surface area contributed by atoms with Gasteiger partial charge in [0.05, 0.1) is 5.69 Å². The van der Waals surface area contributed by atoms with Crippen molar-refractivity contribution in [2.24, 2.45) is 0 Å². The Labute approximate surface area is 206 Å². The number of aryl methyl sites for hydroxylation is 1. The van der Waals surface area contributed by atoms with E-state index in [2.05, 4.69) is 27.1 Å². The van der Waals surface area contributed by atoms with Crippen LogP contribution in [0.1, 0.15) is 39.5 Å². The number of aromatic carboxylic acids is 1. The number of alkyl carbamates (subject to hydrolysis) is 1.